The minimum atomic E-state index is -0.0278. The maximum absolute atomic E-state index is 5.99. The Balaban J connectivity index is 1.38. The normalized spacial score (nSPS) is 16.1. The molecule has 0 aliphatic heterocycles. The van der Waals surface area contributed by atoms with E-state index in [1.807, 2.05) is 52.0 Å². The van der Waals surface area contributed by atoms with Gasteiger partial charge in [-0.2, -0.15) is 10.2 Å². The summed E-state index contributed by atoms with van der Waals surface area (Å²) in [6.45, 7) is 2.08. The number of hydrogen-bond acceptors (Lipinski definition) is 5. The van der Waals surface area contributed by atoms with Gasteiger partial charge in [0.25, 0.3) is 0 Å². The van der Waals surface area contributed by atoms with Crippen molar-refractivity contribution < 1.29 is 0 Å². The first-order valence-corrected chi connectivity index (χ1v) is 10.3. The highest BCUT2D eigenvalue weighted by Crippen LogP contribution is 2.26. The molecule has 0 bridgehead atoms. The summed E-state index contributed by atoms with van der Waals surface area (Å²) < 4.78 is 3.85. The molecule has 0 amide bonds. The van der Waals surface area contributed by atoms with Gasteiger partial charge in [0.05, 0.1) is 39.5 Å². The van der Waals surface area contributed by atoms with E-state index in [9.17, 15) is 0 Å². The minimum Gasteiger partial charge on any atom is -0.278 e. The van der Waals surface area contributed by atoms with E-state index in [0.29, 0.717) is 5.02 Å². The topological polar surface area (TPSA) is 90.1 Å². The Bertz CT molecular complexity index is 1530. The molecule has 2 atom stereocenters. The third-order valence-electron chi connectivity index (χ3n) is 5.67. The molecule has 0 spiro atoms. The monoisotopic (exact) mass is 428 g/mol. The van der Waals surface area contributed by atoms with Gasteiger partial charge >= 0.3 is 0 Å². The highest BCUT2D eigenvalue weighted by Gasteiger charge is 2.22. The fourth-order valence-electron chi connectivity index (χ4n) is 4.05. The van der Waals surface area contributed by atoms with Crippen LogP contribution >= 0.6 is 11.6 Å². The number of benzene rings is 1. The van der Waals surface area contributed by atoms with Crippen molar-refractivity contribution in [3.8, 4) is 5.69 Å². The molecule has 1 N–H and O–H groups in total. The quantitative estimate of drug-likeness (QED) is 0.474. The first-order valence-electron chi connectivity index (χ1n) is 9.91. The molecule has 152 valence electrons. The predicted octanol–water partition coefficient (Wildman–Crippen LogP) is 2.36. The summed E-state index contributed by atoms with van der Waals surface area (Å²) in [7, 11) is 0. The van der Waals surface area contributed by atoms with Gasteiger partial charge in [-0.15, -0.1) is 5.10 Å². The second kappa shape index (κ2) is 6.88. The molecule has 0 radical (unpaired) electrons. The van der Waals surface area contributed by atoms with Crippen molar-refractivity contribution in [3.05, 3.63) is 82.1 Å². The lowest BCUT2D eigenvalue weighted by atomic mass is 10.1. The van der Waals surface area contributed by atoms with Crippen molar-refractivity contribution >= 4 is 34.7 Å². The molecule has 0 saturated carbocycles. The molecule has 1 aromatic carbocycles. The maximum atomic E-state index is 5.99. The van der Waals surface area contributed by atoms with Gasteiger partial charge in [0.15, 0.2) is 0 Å². The first kappa shape index (κ1) is 18.0. The Morgan fingerprint density at radius 1 is 1.10 bits per heavy atom. The highest BCUT2D eigenvalue weighted by atomic mass is 35.5. The Hall–Kier alpha value is -3.78. The van der Waals surface area contributed by atoms with Gasteiger partial charge in [-0.25, -0.2) is 4.68 Å². The predicted molar refractivity (Wildman–Crippen MR) is 117 cm³/mol. The minimum absolute atomic E-state index is 0.0278. The van der Waals surface area contributed by atoms with Crippen molar-refractivity contribution in [2.45, 2.75) is 18.9 Å². The molecular formula is C22H17ClN8. The second-order valence-corrected chi connectivity index (χ2v) is 7.99. The number of nitrogens with one attached hydrogen (secondary N) is 1. The average Bonchev–Trinajstić information content (AvgIpc) is 3.56. The molecule has 0 fully saturated rings. The maximum Gasteiger partial charge on any atom is 0.110 e. The zero-order valence-electron chi connectivity index (χ0n) is 16.5. The summed E-state index contributed by atoms with van der Waals surface area (Å²) in [6.07, 6.45) is 9.57. The summed E-state index contributed by atoms with van der Waals surface area (Å²) in [5.41, 5.74) is 3.87. The summed E-state index contributed by atoms with van der Waals surface area (Å²) in [4.78, 5) is 4.46. The lowest BCUT2D eigenvalue weighted by Gasteiger charge is -2.17. The van der Waals surface area contributed by atoms with E-state index in [-0.39, 0.29) is 12.0 Å². The fraction of sp³-hybridized carbons (Fsp3) is 0.136. The van der Waals surface area contributed by atoms with Crippen molar-refractivity contribution in [2.24, 2.45) is 0 Å². The molecule has 4 aromatic heterocycles. The molecule has 31 heavy (non-hydrogen) atoms. The van der Waals surface area contributed by atoms with Gasteiger partial charge in [-0.1, -0.05) is 16.8 Å². The molecule has 9 heteroatoms. The zero-order valence-corrected chi connectivity index (χ0v) is 17.3. The number of aromatic amines is 1. The number of H-pyrrole nitrogens is 1. The van der Waals surface area contributed by atoms with Crippen molar-refractivity contribution in [2.75, 3.05) is 0 Å². The molecule has 6 rings (SSSR count). The van der Waals surface area contributed by atoms with Gasteiger partial charge in [-0.3, -0.25) is 14.8 Å². The fourth-order valence-corrected chi connectivity index (χ4v) is 4.17. The lowest BCUT2D eigenvalue weighted by Crippen LogP contribution is -2.26. The number of halogens is 1. The van der Waals surface area contributed by atoms with Gasteiger partial charge in [0, 0.05) is 29.4 Å². The number of hydrogen-bond donors (Lipinski definition) is 1. The highest BCUT2D eigenvalue weighted by molar-refractivity contribution is 6.30. The third kappa shape index (κ3) is 2.95. The SMILES string of the molecule is CC(c1ccc(Cl)cn1)n1nccc1C1C=c2nnn(-c3ccc4cn[nH]c4c3)c2=C1. The molecule has 1 aliphatic carbocycles. The van der Waals surface area contributed by atoms with E-state index in [4.69, 9.17) is 11.6 Å². The Labute approximate surface area is 181 Å². The van der Waals surface area contributed by atoms with Crippen LogP contribution in [0.15, 0.2) is 55.0 Å². The summed E-state index contributed by atoms with van der Waals surface area (Å²) in [5.74, 6) is 0.0416. The molecule has 5 aromatic rings. The van der Waals surface area contributed by atoms with Gasteiger partial charge in [0.1, 0.15) is 5.35 Å². The lowest BCUT2D eigenvalue weighted by molar-refractivity contribution is 0.530. The standard InChI is InChI=1S/C22H17ClN8/c1-13(18-5-3-16(23)12-24-18)30-21(6-7-26-30)15-8-20-22(9-15)31(29-28-20)17-4-2-14-11-25-27-19(14)10-17/h2-13,15H,1H3,(H,25,27). The van der Waals surface area contributed by atoms with Gasteiger partial charge < -0.3 is 0 Å². The van der Waals surface area contributed by atoms with Crippen LogP contribution in [0, 0.1) is 0 Å². The smallest absolute Gasteiger partial charge is 0.110 e. The molecule has 0 saturated heterocycles. The molecule has 4 heterocycles. The molecule has 1 aliphatic rings. The van der Waals surface area contributed by atoms with E-state index in [0.717, 1.165) is 38.7 Å². The van der Waals surface area contributed by atoms with E-state index >= 15 is 0 Å². The first-order chi connectivity index (χ1) is 15.2. The van der Waals surface area contributed by atoms with Gasteiger partial charge in [0.2, 0.25) is 0 Å². The summed E-state index contributed by atoms with van der Waals surface area (Å²) in [6, 6.07) is 11.9. The van der Waals surface area contributed by atoms with E-state index in [1.54, 1.807) is 12.4 Å². The molecule has 8 nitrogen and oxygen atoms in total. The number of nitrogens with zero attached hydrogens (tertiary/aromatic N) is 7. The van der Waals surface area contributed by atoms with Crippen molar-refractivity contribution in [1.82, 2.24) is 40.0 Å². The third-order valence-corrected chi connectivity index (χ3v) is 5.89. The van der Waals surface area contributed by atoms with Crippen LogP contribution in [0.25, 0.3) is 28.7 Å². The second-order valence-electron chi connectivity index (χ2n) is 7.55. The number of rotatable bonds is 4. The summed E-state index contributed by atoms with van der Waals surface area (Å²) >= 11 is 5.99. The average molecular weight is 429 g/mol. The van der Waals surface area contributed by atoms with Crippen LogP contribution in [0.5, 0.6) is 0 Å². The number of aromatic nitrogens is 8. The van der Waals surface area contributed by atoms with Gasteiger partial charge in [-0.05, 0) is 55.5 Å². The number of pyridine rings is 1. The molecular weight excluding hydrogens is 412 g/mol. The molecule has 2 unspecified atom stereocenters. The van der Waals surface area contributed by atoms with Crippen LogP contribution < -0.4 is 10.7 Å². The van der Waals surface area contributed by atoms with Crippen LogP contribution in [-0.4, -0.2) is 40.0 Å². The Morgan fingerprint density at radius 2 is 2.03 bits per heavy atom. The Kier molecular flexibility index (Phi) is 4.00. The summed E-state index contributed by atoms with van der Waals surface area (Å²) in [5, 5.41) is 23.9. The van der Waals surface area contributed by atoms with E-state index in [1.165, 1.54) is 0 Å². The van der Waals surface area contributed by atoms with Crippen LogP contribution in [0.1, 0.15) is 30.3 Å². The number of fused-ring (bicyclic) bond motifs is 2. The van der Waals surface area contributed by atoms with Crippen molar-refractivity contribution in [1.29, 1.82) is 0 Å². The Morgan fingerprint density at radius 3 is 2.90 bits per heavy atom. The van der Waals surface area contributed by atoms with Crippen LogP contribution in [-0.2, 0) is 0 Å². The van der Waals surface area contributed by atoms with Crippen LogP contribution in [0.4, 0.5) is 0 Å². The van der Waals surface area contributed by atoms with Crippen LogP contribution in [0.3, 0.4) is 0 Å². The largest absolute Gasteiger partial charge is 0.278 e. The zero-order chi connectivity index (χ0) is 20.9. The van der Waals surface area contributed by atoms with Crippen molar-refractivity contribution in [3.63, 3.8) is 0 Å². The van der Waals surface area contributed by atoms with Crippen LogP contribution in [0.2, 0.25) is 5.02 Å². The van der Waals surface area contributed by atoms with E-state index in [2.05, 4.69) is 49.7 Å². The van der Waals surface area contributed by atoms with E-state index < -0.39 is 0 Å².